The highest BCUT2D eigenvalue weighted by Gasteiger charge is 2.38. The molecule has 1 aromatic carbocycles. The molecule has 0 fully saturated rings. The molecule has 0 saturated heterocycles. The lowest BCUT2D eigenvalue weighted by Crippen LogP contribution is -2.30. The Morgan fingerprint density at radius 3 is 2.42 bits per heavy atom. The highest BCUT2D eigenvalue weighted by Crippen LogP contribution is 2.39. The van der Waals surface area contributed by atoms with E-state index < -0.39 is 29.1 Å². The van der Waals surface area contributed by atoms with Crippen molar-refractivity contribution in [2.75, 3.05) is 5.73 Å². The van der Waals surface area contributed by atoms with Gasteiger partial charge in [-0.25, -0.2) is 0 Å². The summed E-state index contributed by atoms with van der Waals surface area (Å²) in [6, 6.07) is 4.26. The molecule has 0 bridgehead atoms. The number of phenols is 1. The summed E-state index contributed by atoms with van der Waals surface area (Å²) in [5.74, 6) is -2.07. The Bertz CT molecular complexity index is 1210. The number of hydrogen-bond acceptors (Lipinski definition) is 4. The quantitative estimate of drug-likeness (QED) is 0.684. The summed E-state index contributed by atoms with van der Waals surface area (Å²) < 4.78 is 40.6. The van der Waals surface area contributed by atoms with Gasteiger partial charge < -0.3 is 16.6 Å². The Balaban J connectivity index is 2.35. The molecule has 1 aromatic heterocycles. The highest BCUT2D eigenvalue weighted by molar-refractivity contribution is 5.98. The number of amides is 1. The second-order valence-corrected chi connectivity index (χ2v) is 7.65. The van der Waals surface area contributed by atoms with Crippen molar-refractivity contribution in [2.24, 2.45) is 11.7 Å². The van der Waals surface area contributed by atoms with E-state index in [1.54, 1.807) is 19.9 Å². The molecule has 1 unspecified atom stereocenters. The summed E-state index contributed by atoms with van der Waals surface area (Å²) in [6.45, 7) is 4.70. The minimum atomic E-state index is -4.48. The van der Waals surface area contributed by atoms with E-state index in [4.69, 9.17) is 11.5 Å². The summed E-state index contributed by atoms with van der Waals surface area (Å²) >= 11 is 0. The van der Waals surface area contributed by atoms with E-state index in [2.05, 4.69) is 0 Å². The van der Waals surface area contributed by atoms with Crippen LogP contribution in [0.1, 0.15) is 40.4 Å². The predicted molar refractivity (Wildman–Crippen MR) is 112 cm³/mol. The van der Waals surface area contributed by atoms with Crippen LogP contribution in [0.15, 0.2) is 40.7 Å². The van der Waals surface area contributed by atoms with Gasteiger partial charge in [0.2, 0.25) is 0 Å². The van der Waals surface area contributed by atoms with Gasteiger partial charge in [-0.3, -0.25) is 14.2 Å². The van der Waals surface area contributed by atoms with E-state index in [0.29, 0.717) is 16.7 Å². The van der Waals surface area contributed by atoms with Crippen LogP contribution in [0.3, 0.4) is 0 Å². The van der Waals surface area contributed by atoms with Crippen molar-refractivity contribution < 1.29 is 23.1 Å². The fourth-order valence-corrected chi connectivity index (χ4v) is 3.88. The molecule has 1 amide bonds. The summed E-state index contributed by atoms with van der Waals surface area (Å²) in [5, 5.41) is 10.1. The average molecular weight is 433 g/mol. The van der Waals surface area contributed by atoms with Gasteiger partial charge in [0.1, 0.15) is 11.6 Å². The number of anilines is 1. The largest absolute Gasteiger partial charge is 0.508 e. The SMILES string of the molecule is Cc1ccc(O)c(C)c1-n1c(N)c(C(N)=O)cc(C2=CC=C(C(F)(F)F)C(C)C2)c1=O. The molecule has 1 atom stereocenters. The second-order valence-electron chi connectivity index (χ2n) is 7.65. The molecular weight excluding hydrogens is 411 g/mol. The van der Waals surface area contributed by atoms with E-state index in [1.807, 2.05) is 0 Å². The van der Waals surface area contributed by atoms with Gasteiger partial charge in [0.25, 0.3) is 11.5 Å². The maximum Gasteiger partial charge on any atom is 0.412 e. The van der Waals surface area contributed by atoms with Gasteiger partial charge in [-0.2, -0.15) is 13.2 Å². The number of allylic oxidation sites excluding steroid dienone is 4. The third-order valence-corrected chi connectivity index (χ3v) is 5.53. The Labute approximate surface area is 176 Å². The number of carbonyl (C=O) groups is 1. The molecule has 164 valence electrons. The van der Waals surface area contributed by atoms with E-state index in [-0.39, 0.29) is 34.8 Å². The van der Waals surface area contributed by atoms with Crippen molar-refractivity contribution in [1.82, 2.24) is 4.57 Å². The van der Waals surface area contributed by atoms with E-state index >= 15 is 0 Å². The van der Waals surface area contributed by atoms with Gasteiger partial charge >= 0.3 is 6.18 Å². The van der Waals surface area contributed by atoms with Crippen molar-refractivity contribution >= 4 is 17.3 Å². The molecule has 3 rings (SSSR count). The van der Waals surface area contributed by atoms with Crippen LogP contribution in [0.2, 0.25) is 0 Å². The Kier molecular flexibility index (Phi) is 5.47. The number of nitrogens with two attached hydrogens (primary N) is 2. The number of nitrogens with zero attached hydrogens (tertiary/aromatic N) is 1. The first-order chi connectivity index (χ1) is 14.3. The monoisotopic (exact) mass is 433 g/mol. The topological polar surface area (TPSA) is 111 Å². The molecule has 0 saturated carbocycles. The van der Waals surface area contributed by atoms with Crippen LogP contribution >= 0.6 is 0 Å². The summed E-state index contributed by atoms with van der Waals surface area (Å²) in [7, 11) is 0. The van der Waals surface area contributed by atoms with Gasteiger partial charge in [-0.1, -0.05) is 25.1 Å². The fraction of sp³-hybridized carbons (Fsp3) is 0.273. The third-order valence-electron chi connectivity index (χ3n) is 5.53. The second kappa shape index (κ2) is 7.64. The van der Waals surface area contributed by atoms with Crippen molar-refractivity contribution in [2.45, 2.75) is 33.4 Å². The summed E-state index contributed by atoms with van der Waals surface area (Å²) in [5.41, 5.74) is 11.7. The number of aromatic hydroxyl groups is 1. The molecule has 5 N–H and O–H groups in total. The van der Waals surface area contributed by atoms with Gasteiger partial charge in [-0.05, 0) is 49.5 Å². The van der Waals surface area contributed by atoms with Crippen LogP contribution in [-0.4, -0.2) is 21.8 Å². The maximum atomic E-state index is 13.4. The molecule has 31 heavy (non-hydrogen) atoms. The first-order valence-corrected chi connectivity index (χ1v) is 9.47. The molecule has 2 aromatic rings. The zero-order valence-corrected chi connectivity index (χ0v) is 17.2. The van der Waals surface area contributed by atoms with Crippen LogP contribution in [-0.2, 0) is 0 Å². The van der Waals surface area contributed by atoms with Crippen molar-refractivity contribution in [3.05, 3.63) is 68.5 Å². The number of primary amides is 1. The highest BCUT2D eigenvalue weighted by atomic mass is 19.4. The lowest BCUT2D eigenvalue weighted by atomic mass is 9.85. The Morgan fingerprint density at radius 1 is 1.23 bits per heavy atom. The lowest BCUT2D eigenvalue weighted by Gasteiger charge is -2.25. The normalized spacial score (nSPS) is 16.6. The molecular formula is C22H22F3N3O3. The molecule has 0 radical (unpaired) electrons. The van der Waals surface area contributed by atoms with Crippen LogP contribution in [0.4, 0.5) is 19.0 Å². The summed E-state index contributed by atoms with van der Waals surface area (Å²) in [6.07, 6.45) is -2.36. The van der Waals surface area contributed by atoms with Gasteiger partial charge in [-0.15, -0.1) is 0 Å². The first kappa shape index (κ1) is 22.2. The number of aryl methyl sites for hydroxylation is 1. The molecule has 1 heterocycles. The minimum absolute atomic E-state index is 0.0227. The Hall–Kier alpha value is -3.49. The van der Waals surface area contributed by atoms with Crippen LogP contribution in [0.5, 0.6) is 5.75 Å². The maximum absolute atomic E-state index is 13.4. The smallest absolute Gasteiger partial charge is 0.412 e. The van der Waals surface area contributed by atoms with Crippen molar-refractivity contribution in [3.8, 4) is 11.4 Å². The number of carbonyl (C=O) groups excluding carboxylic acids is 1. The standard InChI is InChI=1S/C22H22F3N3O3/c1-10-4-7-17(29)12(3)18(10)28-19(26)15(20(27)30)9-14(21(28)31)13-5-6-16(11(2)8-13)22(23,24)25/h4-7,9,11,29H,8,26H2,1-3H3,(H2,27,30). The number of hydrogen-bond donors (Lipinski definition) is 3. The van der Waals surface area contributed by atoms with Gasteiger partial charge in [0, 0.05) is 16.7 Å². The van der Waals surface area contributed by atoms with Gasteiger partial charge in [0.05, 0.1) is 11.3 Å². The molecule has 0 spiro atoms. The predicted octanol–water partition coefficient (Wildman–Crippen LogP) is 3.75. The molecule has 1 aliphatic rings. The fourth-order valence-electron chi connectivity index (χ4n) is 3.88. The Morgan fingerprint density at radius 2 is 1.87 bits per heavy atom. The van der Waals surface area contributed by atoms with Crippen LogP contribution < -0.4 is 17.0 Å². The number of nitrogen functional groups attached to an aromatic ring is 1. The number of aromatic nitrogens is 1. The van der Waals surface area contributed by atoms with Crippen LogP contribution in [0.25, 0.3) is 11.3 Å². The molecule has 6 nitrogen and oxygen atoms in total. The molecule has 9 heteroatoms. The number of halogens is 3. The zero-order chi connectivity index (χ0) is 23.2. The number of rotatable bonds is 3. The van der Waals surface area contributed by atoms with Crippen LogP contribution in [0, 0.1) is 19.8 Å². The number of benzene rings is 1. The molecule has 0 aliphatic heterocycles. The molecule has 1 aliphatic carbocycles. The van der Waals surface area contributed by atoms with E-state index in [9.17, 15) is 27.9 Å². The lowest BCUT2D eigenvalue weighted by molar-refractivity contribution is -0.0983. The minimum Gasteiger partial charge on any atom is -0.508 e. The van der Waals surface area contributed by atoms with Crippen molar-refractivity contribution in [3.63, 3.8) is 0 Å². The third kappa shape index (κ3) is 3.83. The zero-order valence-electron chi connectivity index (χ0n) is 17.2. The van der Waals surface area contributed by atoms with E-state index in [0.717, 1.165) is 10.6 Å². The summed E-state index contributed by atoms with van der Waals surface area (Å²) in [4.78, 5) is 25.5. The van der Waals surface area contributed by atoms with Crippen molar-refractivity contribution in [1.29, 1.82) is 0 Å². The number of alkyl halides is 3. The van der Waals surface area contributed by atoms with E-state index in [1.165, 1.54) is 25.1 Å². The number of phenolic OH excluding ortho intramolecular Hbond substituents is 1. The average Bonchev–Trinajstić information content (AvgIpc) is 2.66. The van der Waals surface area contributed by atoms with Gasteiger partial charge in [0.15, 0.2) is 0 Å². The number of pyridine rings is 1. The first-order valence-electron chi connectivity index (χ1n) is 9.47.